The Morgan fingerprint density at radius 2 is 1.95 bits per heavy atom. The Morgan fingerprint density at radius 1 is 1.16 bits per heavy atom. The predicted molar refractivity (Wildman–Crippen MR) is 76.2 cm³/mol. The molecule has 2 aromatic rings. The fourth-order valence-electron chi connectivity index (χ4n) is 2.70. The van der Waals surface area contributed by atoms with E-state index in [9.17, 15) is 4.79 Å². The summed E-state index contributed by atoms with van der Waals surface area (Å²) < 4.78 is 5.63. The highest BCUT2D eigenvalue weighted by molar-refractivity contribution is 5.88. The van der Waals surface area contributed by atoms with Gasteiger partial charge in [-0.3, -0.25) is 4.79 Å². The van der Waals surface area contributed by atoms with E-state index in [2.05, 4.69) is 24.3 Å². The molecule has 2 heteroatoms. The lowest BCUT2D eigenvalue weighted by Gasteiger charge is -2.10. The van der Waals surface area contributed by atoms with E-state index in [0.717, 1.165) is 18.4 Å². The van der Waals surface area contributed by atoms with Crippen LogP contribution in [0.25, 0.3) is 10.8 Å². The van der Waals surface area contributed by atoms with Crippen LogP contribution in [0.15, 0.2) is 42.5 Å². The predicted octanol–water partition coefficient (Wildman–Crippen LogP) is 3.52. The Morgan fingerprint density at radius 3 is 2.68 bits per heavy atom. The molecule has 1 fully saturated rings. The van der Waals surface area contributed by atoms with Crippen LogP contribution in [0, 0.1) is 0 Å². The Labute approximate surface area is 113 Å². The van der Waals surface area contributed by atoms with Crippen molar-refractivity contribution in [3.05, 3.63) is 48.0 Å². The van der Waals surface area contributed by atoms with Gasteiger partial charge in [-0.2, -0.15) is 0 Å². The van der Waals surface area contributed by atoms with Crippen molar-refractivity contribution in [3.63, 3.8) is 0 Å². The second-order valence-corrected chi connectivity index (χ2v) is 5.34. The molecular weight excluding hydrogens is 236 g/mol. The molecule has 1 saturated heterocycles. The summed E-state index contributed by atoms with van der Waals surface area (Å²) in [4.78, 5) is 12.2. The normalized spacial score (nSPS) is 22.8. The molecule has 0 aliphatic carbocycles. The maximum Gasteiger partial charge on any atom is 0.165 e. The standard InChI is InChI=1S/C17H18O2/c1-12-6-9-17(19-12)16(18)11-13-7-8-14-4-2-3-5-15(14)10-13/h2-5,7-8,10,12,17H,6,9,11H2,1H3. The maximum absolute atomic E-state index is 12.2. The largest absolute Gasteiger partial charge is 0.367 e. The Kier molecular flexibility index (Phi) is 3.34. The van der Waals surface area contributed by atoms with Crippen LogP contribution in [0.3, 0.4) is 0 Å². The number of Topliss-reactive ketones (excluding diaryl/α,β-unsaturated/α-hetero) is 1. The summed E-state index contributed by atoms with van der Waals surface area (Å²) >= 11 is 0. The average molecular weight is 254 g/mol. The van der Waals surface area contributed by atoms with Gasteiger partial charge in [-0.25, -0.2) is 0 Å². The van der Waals surface area contributed by atoms with Gasteiger partial charge in [-0.15, -0.1) is 0 Å². The van der Waals surface area contributed by atoms with E-state index in [4.69, 9.17) is 4.74 Å². The molecule has 1 aliphatic rings. The van der Waals surface area contributed by atoms with Gasteiger partial charge in [0.25, 0.3) is 0 Å². The molecule has 3 rings (SSSR count). The van der Waals surface area contributed by atoms with Crippen LogP contribution in [0.5, 0.6) is 0 Å². The average Bonchev–Trinajstić information content (AvgIpc) is 2.85. The van der Waals surface area contributed by atoms with Gasteiger partial charge >= 0.3 is 0 Å². The number of carbonyl (C=O) groups excluding carboxylic acids is 1. The number of carbonyl (C=O) groups is 1. The molecule has 1 heterocycles. The molecule has 1 aliphatic heterocycles. The van der Waals surface area contributed by atoms with Crippen LogP contribution >= 0.6 is 0 Å². The first-order valence-electron chi connectivity index (χ1n) is 6.88. The summed E-state index contributed by atoms with van der Waals surface area (Å²) in [6.07, 6.45) is 2.37. The van der Waals surface area contributed by atoms with E-state index in [1.165, 1.54) is 10.8 Å². The molecule has 98 valence electrons. The zero-order valence-corrected chi connectivity index (χ0v) is 11.1. The first-order valence-corrected chi connectivity index (χ1v) is 6.88. The van der Waals surface area contributed by atoms with Crippen molar-refractivity contribution in [2.75, 3.05) is 0 Å². The van der Waals surface area contributed by atoms with Gasteiger partial charge in [0.05, 0.1) is 6.10 Å². The quantitative estimate of drug-likeness (QED) is 0.837. The lowest BCUT2D eigenvalue weighted by Crippen LogP contribution is -2.22. The van der Waals surface area contributed by atoms with Crippen LogP contribution in [0.2, 0.25) is 0 Å². The SMILES string of the molecule is CC1CCC(C(=O)Cc2ccc3ccccc3c2)O1. The highest BCUT2D eigenvalue weighted by Gasteiger charge is 2.27. The van der Waals surface area contributed by atoms with E-state index in [1.807, 2.05) is 25.1 Å². The minimum atomic E-state index is -0.193. The summed E-state index contributed by atoms with van der Waals surface area (Å²) in [5.74, 6) is 0.208. The van der Waals surface area contributed by atoms with Crippen molar-refractivity contribution >= 4 is 16.6 Å². The molecule has 0 spiro atoms. The summed E-state index contributed by atoms with van der Waals surface area (Å²) in [7, 11) is 0. The fraction of sp³-hybridized carbons (Fsp3) is 0.353. The molecule has 19 heavy (non-hydrogen) atoms. The Balaban J connectivity index is 1.76. The summed E-state index contributed by atoms with van der Waals surface area (Å²) in [6.45, 7) is 2.03. The van der Waals surface area contributed by atoms with Gasteiger partial charge in [0, 0.05) is 6.42 Å². The Bertz CT molecular complexity index is 603. The monoisotopic (exact) mass is 254 g/mol. The van der Waals surface area contributed by atoms with Crippen LogP contribution in [-0.4, -0.2) is 18.0 Å². The molecule has 2 aromatic carbocycles. The third-order valence-electron chi connectivity index (χ3n) is 3.78. The molecule has 0 amide bonds. The first-order chi connectivity index (χ1) is 9.22. The highest BCUT2D eigenvalue weighted by atomic mass is 16.5. The second kappa shape index (κ2) is 5.14. The molecule has 0 N–H and O–H groups in total. The van der Waals surface area contributed by atoms with Gasteiger partial charge in [0.2, 0.25) is 0 Å². The van der Waals surface area contributed by atoms with Gasteiger partial charge in [0.1, 0.15) is 6.10 Å². The van der Waals surface area contributed by atoms with Crippen LogP contribution in [0.1, 0.15) is 25.3 Å². The molecule has 0 radical (unpaired) electrons. The van der Waals surface area contributed by atoms with E-state index in [0.29, 0.717) is 6.42 Å². The number of rotatable bonds is 3. The highest BCUT2D eigenvalue weighted by Crippen LogP contribution is 2.22. The summed E-state index contributed by atoms with van der Waals surface area (Å²) in [6, 6.07) is 14.4. The van der Waals surface area contributed by atoms with Crippen molar-refractivity contribution in [2.24, 2.45) is 0 Å². The molecule has 2 atom stereocenters. The Hall–Kier alpha value is -1.67. The molecule has 0 aromatic heterocycles. The smallest absolute Gasteiger partial charge is 0.165 e. The zero-order chi connectivity index (χ0) is 13.2. The van der Waals surface area contributed by atoms with Crippen molar-refractivity contribution in [3.8, 4) is 0 Å². The van der Waals surface area contributed by atoms with Crippen LogP contribution < -0.4 is 0 Å². The van der Waals surface area contributed by atoms with Crippen molar-refractivity contribution in [1.29, 1.82) is 0 Å². The third-order valence-corrected chi connectivity index (χ3v) is 3.78. The molecule has 0 bridgehead atoms. The minimum Gasteiger partial charge on any atom is -0.367 e. The number of hydrogen-bond acceptors (Lipinski definition) is 2. The molecular formula is C17H18O2. The fourth-order valence-corrected chi connectivity index (χ4v) is 2.70. The third kappa shape index (κ3) is 2.69. The summed E-state index contributed by atoms with van der Waals surface area (Å²) in [5, 5.41) is 2.40. The molecule has 0 saturated carbocycles. The second-order valence-electron chi connectivity index (χ2n) is 5.34. The number of ketones is 1. The van der Waals surface area contributed by atoms with Gasteiger partial charge < -0.3 is 4.74 Å². The minimum absolute atomic E-state index is 0.193. The molecule has 2 unspecified atom stereocenters. The van der Waals surface area contributed by atoms with Gasteiger partial charge in [-0.1, -0.05) is 42.5 Å². The zero-order valence-electron chi connectivity index (χ0n) is 11.1. The lowest BCUT2D eigenvalue weighted by molar-refractivity contribution is -0.128. The topological polar surface area (TPSA) is 26.3 Å². The number of fused-ring (bicyclic) bond motifs is 1. The van der Waals surface area contributed by atoms with E-state index >= 15 is 0 Å². The van der Waals surface area contributed by atoms with Crippen molar-refractivity contribution < 1.29 is 9.53 Å². The number of ether oxygens (including phenoxy) is 1. The maximum atomic E-state index is 12.2. The van der Waals surface area contributed by atoms with Crippen molar-refractivity contribution in [1.82, 2.24) is 0 Å². The number of hydrogen-bond donors (Lipinski definition) is 0. The molecule has 2 nitrogen and oxygen atoms in total. The van der Waals surface area contributed by atoms with E-state index < -0.39 is 0 Å². The van der Waals surface area contributed by atoms with Gasteiger partial charge in [-0.05, 0) is 36.1 Å². The van der Waals surface area contributed by atoms with Gasteiger partial charge in [0.15, 0.2) is 5.78 Å². The summed E-state index contributed by atoms with van der Waals surface area (Å²) in [5.41, 5.74) is 1.08. The first kappa shape index (κ1) is 12.4. The van der Waals surface area contributed by atoms with Crippen molar-refractivity contribution in [2.45, 2.75) is 38.4 Å². The van der Waals surface area contributed by atoms with Crippen LogP contribution in [-0.2, 0) is 16.0 Å². The van der Waals surface area contributed by atoms with E-state index in [-0.39, 0.29) is 18.0 Å². The lowest BCUT2D eigenvalue weighted by atomic mass is 10.0. The number of benzene rings is 2. The van der Waals surface area contributed by atoms with Crippen LogP contribution in [0.4, 0.5) is 0 Å². The van der Waals surface area contributed by atoms with E-state index in [1.54, 1.807) is 0 Å².